The molecule has 0 saturated carbocycles. The Morgan fingerprint density at radius 2 is 1.92 bits per heavy atom. The summed E-state index contributed by atoms with van der Waals surface area (Å²) in [6.07, 6.45) is 0.548. The quantitative estimate of drug-likeness (QED) is 0.436. The molecule has 0 amide bonds. The minimum atomic E-state index is -0.436. The van der Waals surface area contributed by atoms with Crippen LogP contribution in [-0.4, -0.2) is 23.6 Å². The first kappa shape index (κ1) is 18.0. The normalized spacial score (nSPS) is 10.9. The number of carbonyl (C=O) groups is 1. The van der Waals surface area contributed by atoms with Gasteiger partial charge in [0, 0.05) is 23.4 Å². The highest BCUT2D eigenvalue weighted by molar-refractivity contribution is 9.11. The first-order valence-electron chi connectivity index (χ1n) is 7.48. The SMILES string of the molecule is CCc1oc2cc(OBO)ccc2c1C(=O)c1cc(Br)c(O)c(Br)c1. The number of hydrogen-bond acceptors (Lipinski definition) is 5. The highest BCUT2D eigenvalue weighted by Gasteiger charge is 2.23. The minimum absolute atomic E-state index is 0.0371. The average Bonchev–Trinajstić information content (AvgIpc) is 2.96. The largest absolute Gasteiger partial charge is 0.539 e. The predicted molar refractivity (Wildman–Crippen MR) is 103 cm³/mol. The van der Waals surface area contributed by atoms with Gasteiger partial charge in [-0.15, -0.1) is 0 Å². The van der Waals surface area contributed by atoms with E-state index in [0.29, 0.717) is 49.0 Å². The molecule has 2 N–H and O–H groups in total. The summed E-state index contributed by atoms with van der Waals surface area (Å²) >= 11 is 6.49. The van der Waals surface area contributed by atoms with Crippen molar-refractivity contribution in [2.45, 2.75) is 13.3 Å². The highest BCUT2D eigenvalue weighted by atomic mass is 79.9. The Balaban J connectivity index is 2.15. The Hall–Kier alpha value is -1.77. The molecule has 8 heteroatoms. The molecule has 1 heterocycles. The van der Waals surface area contributed by atoms with Crippen LogP contribution in [-0.2, 0) is 6.42 Å². The Kier molecular flexibility index (Phi) is 5.22. The van der Waals surface area contributed by atoms with Crippen molar-refractivity contribution >= 4 is 56.3 Å². The monoisotopic (exact) mass is 466 g/mol. The molecule has 0 radical (unpaired) electrons. The molecule has 0 aliphatic rings. The van der Waals surface area contributed by atoms with Crippen LogP contribution >= 0.6 is 31.9 Å². The summed E-state index contributed by atoms with van der Waals surface area (Å²) in [7, 11) is -0.436. The van der Waals surface area contributed by atoms with Crippen LogP contribution in [0, 0.1) is 0 Å². The number of aromatic hydroxyl groups is 1. The van der Waals surface area contributed by atoms with Crippen molar-refractivity contribution in [3.63, 3.8) is 0 Å². The van der Waals surface area contributed by atoms with Gasteiger partial charge in [0.2, 0.25) is 0 Å². The van der Waals surface area contributed by atoms with Crippen molar-refractivity contribution in [2.75, 3.05) is 0 Å². The topological polar surface area (TPSA) is 79.9 Å². The molecule has 1 aromatic heterocycles. The second-order valence-corrected chi connectivity index (χ2v) is 7.01. The molecule has 0 saturated heterocycles. The maximum absolute atomic E-state index is 13.1. The fraction of sp³-hybridized carbons (Fsp3) is 0.118. The van der Waals surface area contributed by atoms with E-state index >= 15 is 0 Å². The van der Waals surface area contributed by atoms with Crippen LogP contribution in [0.25, 0.3) is 11.0 Å². The Morgan fingerprint density at radius 1 is 1.24 bits per heavy atom. The Bertz CT molecular complexity index is 944. The standard InChI is InChI=1S/C17H13BBr2O5/c1-2-13-15(10-4-3-9(25-18-23)7-14(10)24-13)16(21)8-5-11(19)17(22)12(20)6-8/h3-7,18,22-23H,2H2,1H3. The van der Waals surface area contributed by atoms with E-state index in [1.165, 1.54) is 0 Å². The summed E-state index contributed by atoms with van der Waals surface area (Å²) in [6, 6.07) is 8.20. The van der Waals surface area contributed by atoms with Crippen LogP contribution in [0.5, 0.6) is 11.5 Å². The Morgan fingerprint density at radius 3 is 2.52 bits per heavy atom. The van der Waals surface area contributed by atoms with Crippen molar-refractivity contribution in [1.29, 1.82) is 0 Å². The zero-order valence-electron chi connectivity index (χ0n) is 13.2. The molecule has 5 nitrogen and oxygen atoms in total. The van der Waals surface area contributed by atoms with Gasteiger partial charge in [0.25, 0.3) is 0 Å². The maximum Gasteiger partial charge on any atom is 0.504 e. The number of benzene rings is 2. The van der Waals surface area contributed by atoms with Gasteiger partial charge in [-0.25, -0.2) is 0 Å². The number of carbonyl (C=O) groups excluding carboxylic acids is 1. The van der Waals surface area contributed by atoms with E-state index in [1.54, 1.807) is 30.3 Å². The smallest absolute Gasteiger partial charge is 0.504 e. The lowest BCUT2D eigenvalue weighted by Crippen LogP contribution is -2.04. The summed E-state index contributed by atoms with van der Waals surface area (Å²) in [5.74, 6) is 0.866. The molecule has 3 aromatic rings. The van der Waals surface area contributed by atoms with Gasteiger partial charge in [-0.05, 0) is 56.1 Å². The minimum Gasteiger partial charge on any atom is -0.539 e. The van der Waals surface area contributed by atoms with E-state index in [9.17, 15) is 9.90 Å². The first-order valence-corrected chi connectivity index (χ1v) is 9.06. The van der Waals surface area contributed by atoms with Crippen molar-refractivity contribution in [3.8, 4) is 11.5 Å². The number of phenols is 1. The molecule has 0 spiro atoms. The van der Waals surface area contributed by atoms with Gasteiger partial charge in [-0.3, -0.25) is 4.79 Å². The summed E-state index contributed by atoms with van der Waals surface area (Å²) in [6.45, 7) is 1.91. The molecule has 0 fully saturated rings. The molecule has 0 bridgehead atoms. The van der Waals surface area contributed by atoms with Crippen LogP contribution in [0.4, 0.5) is 0 Å². The molecule has 0 atom stereocenters. The van der Waals surface area contributed by atoms with Gasteiger partial charge >= 0.3 is 7.69 Å². The number of fused-ring (bicyclic) bond motifs is 1. The molecule has 3 rings (SSSR count). The molecule has 128 valence electrons. The van der Waals surface area contributed by atoms with Gasteiger partial charge in [0.1, 0.15) is 22.8 Å². The zero-order valence-corrected chi connectivity index (χ0v) is 16.3. The number of aryl methyl sites for hydroxylation is 1. The molecular formula is C17H13BBr2O5. The Labute approximate surface area is 161 Å². The number of rotatable bonds is 5. The van der Waals surface area contributed by atoms with E-state index in [4.69, 9.17) is 14.1 Å². The number of furan rings is 1. The van der Waals surface area contributed by atoms with Crippen molar-refractivity contribution in [3.05, 3.63) is 56.2 Å². The molecule has 0 unspecified atom stereocenters. The second kappa shape index (κ2) is 7.23. The van der Waals surface area contributed by atoms with Crippen molar-refractivity contribution in [2.24, 2.45) is 0 Å². The first-order chi connectivity index (χ1) is 12.0. The average molecular weight is 468 g/mol. The van der Waals surface area contributed by atoms with Gasteiger partial charge in [-0.1, -0.05) is 6.92 Å². The third-order valence-electron chi connectivity index (χ3n) is 3.79. The number of phenolic OH excluding ortho intramolecular Hbond substituents is 1. The molecule has 2 aromatic carbocycles. The number of halogens is 2. The van der Waals surface area contributed by atoms with E-state index in [2.05, 4.69) is 31.9 Å². The van der Waals surface area contributed by atoms with Crippen LogP contribution < -0.4 is 4.65 Å². The van der Waals surface area contributed by atoms with Crippen LogP contribution in [0.1, 0.15) is 28.6 Å². The maximum atomic E-state index is 13.1. The highest BCUT2D eigenvalue weighted by Crippen LogP contribution is 2.36. The van der Waals surface area contributed by atoms with E-state index < -0.39 is 7.69 Å². The van der Waals surface area contributed by atoms with E-state index in [0.717, 1.165) is 0 Å². The van der Waals surface area contributed by atoms with E-state index in [-0.39, 0.29) is 11.5 Å². The van der Waals surface area contributed by atoms with Crippen molar-refractivity contribution in [1.82, 2.24) is 0 Å². The van der Waals surface area contributed by atoms with Gasteiger partial charge in [-0.2, -0.15) is 0 Å². The lowest BCUT2D eigenvalue weighted by molar-refractivity contribution is 0.103. The summed E-state index contributed by atoms with van der Waals surface area (Å²) in [5.41, 5.74) is 1.42. The van der Waals surface area contributed by atoms with Crippen LogP contribution in [0.15, 0.2) is 43.7 Å². The summed E-state index contributed by atoms with van der Waals surface area (Å²) in [4.78, 5) is 13.1. The second-order valence-electron chi connectivity index (χ2n) is 5.30. The van der Waals surface area contributed by atoms with Gasteiger partial charge in [0.15, 0.2) is 5.78 Å². The number of ketones is 1. The fourth-order valence-electron chi connectivity index (χ4n) is 2.63. The third-order valence-corrected chi connectivity index (χ3v) is 5.00. The molecule has 0 aliphatic carbocycles. The third kappa shape index (κ3) is 3.34. The molecule has 0 aliphatic heterocycles. The van der Waals surface area contributed by atoms with Crippen LogP contribution in [0.2, 0.25) is 0 Å². The fourth-order valence-corrected chi connectivity index (χ4v) is 3.82. The lowest BCUT2D eigenvalue weighted by atomic mass is 9.99. The van der Waals surface area contributed by atoms with Gasteiger partial charge < -0.3 is 19.2 Å². The molecular weight excluding hydrogens is 455 g/mol. The van der Waals surface area contributed by atoms with Gasteiger partial charge in [0.05, 0.1) is 14.5 Å². The number of hydrogen-bond donors (Lipinski definition) is 2. The predicted octanol–water partition coefficient (Wildman–Crippen LogP) is 4.09. The lowest BCUT2D eigenvalue weighted by Gasteiger charge is -2.06. The van der Waals surface area contributed by atoms with Crippen LogP contribution in [0.3, 0.4) is 0 Å². The molecule has 25 heavy (non-hydrogen) atoms. The zero-order chi connectivity index (χ0) is 18.1. The summed E-state index contributed by atoms with van der Waals surface area (Å²) < 4.78 is 11.7. The summed E-state index contributed by atoms with van der Waals surface area (Å²) in [5, 5.41) is 19.4. The van der Waals surface area contributed by atoms with E-state index in [1.807, 2.05) is 6.92 Å². The van der Waals surface area contributed by atoms with Crippen molar-refractivity contribution < 1.29 is 24.0 Å².